The summed E-state index contributed by atoms with van der Waals surface area (Å²) in [7, 11) is 0. The average molecular weight is 191 g/mol. The second kappa shape index (κ2) is 3.26. The topological polar surface area (TPSA) is 32.9 Å². The quantitative estimate of drug-likeness (QED) is 0.716. The Morgan fingerprint density at radius 2 is 2.36 bits per heavy atom. The molecule has 0 aromatic carbocycles. The van der Waals surface area contributed by atoms with E-state index in [1.54, 1.807) is 6.20 Å². The molecular formula is C12H17NO. The molecule has 1 aliphatic carbocycles. The lowest BCUT2D eigenvalue weighted by Gasteiger charge is -2.25. The van der Waals surface area contributed by atoms with Crippen LogP contribution in [0.2, 0.25) is 0 Å². The maximum absolute atomic E-state index is 12.1. The first-order valence-electron chi connectivity index (χ1n) is 5.28. The summed E-state index contributed by atoms with van der Waals surface area (Å²) in [6.07, 6.45) is 7.03. The second-order valence-electron chi connectivity index (χ2n) is 4.90. The van der Waals surface area contributed by atoms with Crippen LogP contribution in [0.15, 0.2) is 18.5 Å². The van der Waals surface area contributed by atoms with Crippen molar-refractivity contribution in [2.45, 2.75) is 33.1 Å². The molecule has 76 valence electrons. The van der Waals surface area contributed by atoms with Crippen molar-refractivity contribution >= 4 is 5.78 Å². The fraction of sp³-hybridized carbons (Fsp3) is 0.583. The van der Waals surface area contributed by atoms with Gasteiger partial charge in [0.1, 0.15) is 0 Å². The SMILES string of the molecule is CC1(C)CCCC1C(=O)c1cc[nH]c1. The van der Waals surface area contributed by atoms with Crippen LogP contribution in [-0.2, 0) is 0 Å². The summed E-state index contributed by atoms with van der Waals surface area (Å²) in [6.45, 7) is 4.41. The molecule has 0 saturated heterocycles. The molecule has 1 aromatic heterocycles. The van der Waals surface area contributed by atoms with Crippen LogP contribution in [0.1, 0.15) is 43.5 Å². The van der Waals surface area contributed by atoms with E-state index in [-0.39, 0.29) is 11.3 Å². The van der Waals surface area contributed by atoms with E-state index in [0.29, 0.717) is 5.78 Å². The summed E-state index contributed by atoms with van der Waals surface area (Å²) in [5.41, 5.74) is 1.03. The van der Waals surface area contributed by atoms with Crippen LogP contribution in [0.5, 0.6) is 0 Å². The normalized spacial score (nSPS) is 25.1. The third kappa shape index (κ3) is 1.49. The summed E-state index contributed by atoms with van der Waals surface area (Å²) in [4.78, 5) is 15.0. The molecule has 0 bridgehead atoms. The zero-order chi connectivity index (χ0) is 10.2. The molecule has 2 nitrogen and oxygen atoms in total. The molecule has 1 fully saturated rings. The molecule has 1 aromatic rings. The third-order valence-electron chi connectivity index (χ3n) is 3.46. The summed E-state index contributed by atoms with van der Waals surface area (Å²) in [5, 5.41) is 0. The van der Waals surface area contributed by atoms with E-state index in [2.05, 4.69) is 18.8 Å². The van der Waals surface area contributed by atoms with Crippen molar-refractivity contribution in [3.05, 3.63) is 24.0 Å². The van der Waals surface area contributed by atoms with Crippen molar-refractivity contribution in [2.24, 2.45) is 11.3 Å². The van der Waals surface area contributed by atoms with Crippen LogP contribution >= 0.6 is 0 Å². The first-order valence-corrected chi connectivity index (χ1v) is 5.28. The van der Waals surface area contributed by atoms with Crippen molar-refractivity contribution in [1.82, 2.24) is 4.98 Å². The van der Waals surface area contributed by atoms with E-state index in [1.807, 2.05) is 12.3 Å². The first kappa shape index (κ1) is 9.50. The van der Waals surface area contributed by atoms with E-state index in [0.717, 1.165) is 12.0 Å². The van der Waals surface area contributed by atoms with Gasteiger partial charge in [-0.1, -0.05) is 20.3 Å². The predicted octanol–water partition coefficient (Wildman–Crippen LogP) is 3.02. The fourth-order valence-corrected chi connectivity index (χ4v) is 2.49. The van der Waals surface area contributed by atoms with Gasteiger partial charge in [-0.15, -0.1) is 0 Å². The Kier molecular flexibility index (Phi) is 2.22. The molecule has 1 atom stereocenters. The van der Waals surface area contributed by atoms with E-state index in [9.17, 15) is 4.79 Å². The molecule has 0 spiro atoms. The number of aromatic amines is 1. The number of hydrogen-bond acceptors (Lipinski definition) is 1. The van der Waals surface area contributed by atoms with Gasteiger partial charge in [0.15, 0.2) is 5.78 Å². The van der Waals surface area contributed by atoms with E-state index >= 15 is 0 Å². The number of hydrogen-bond donors (Lipinski definition) is 1. The van der Waals surface area contributed by atoms with Crippen LogP contribution < -0.4 is 0 Å². The van der Waals surface area contributed by atoms with Gasteiger partial charge in [0, 0.05) is 23.9 Å². The third-order valence-corrected chi connectivity index (χ3v) is 3.46. The number of ketones is 1. The lowest BCUT2D eigenvalue weighted by molar-refractivity contribution is 0.0839. The second-order valence-corrected chi connectivity index (χ2v) is 4.90. The van der Waals surface area contributed by atoms with Gasteiger partial charge in [-0.05, 0) is 24.3 Å². The molecular weight excluding hydrogens is 174 g/mol. The Labute approximate surface area is 84.7 Å². The van der Waals surface area contributed by atoms with Gasteiger partial charge in [-0.25, -0.2) is 0 Å². The Morgan fingerprint density at radius 1 is 1.57 bits per heavy atom. The maximum Gasteiger partial charge on any atom is 0.167 e. The van der Waals surface area contributed by atoms with Gasteiger partial charge in [0.25, 0.3) is 0 Å². The number of aromatic nitrogens is 1. The molecule has 2 rings (SSSR count). The van der Waals surface area contributed by atoms with E-state index < -0.39 is 0 Å². The molecule has 1 saturated carbocycles. The number of H-pyrrole nitrogens is 1. The Hall–Kier alpha value is -1.05. The largest absolute Gasteiger partial charge is 0.367 e. The highest BCUT2D eigenvalue weighted by atomic mass is 16.1. The van der Waals surface area contributed by atoms with Crippen LogP contribution in [0.4, 0.5) is 0 Å². The van der Waals surface area contributed by atoms with Crippen molar-refractivity contribution in [1.29, 1.82) is 0 Å². The van der Waals surface area contributed by atoms with Crippen LogP contribution in [0, 0.1) is 11.3 Å². The number of rotatable bonds is 2. The van der Waals surface area contributed by atoms with Gasteiger partial charge in [0.2, 0.25) is 0 Å². The molecule has 1 heterocycles. The molecule has 14 heavy (non-hydrogen) atoms. The summed E-state index contributed by atoms with van der Waals surface area (Å²) in [5.74, 6) is 0.534. The molecule has 0 amide bonds. The minimum Gasteiger partial charge on any atom is -0.367 e. The van der Waals surface area contributed by atoms with E-state index in [1.165, 1.54) is 12.8 Å². The number of nitrogens with one attached hydrogen (secondary N) is 1. The van der Waals surface area contributed by atoms with Crippen LogP contribution in [0.25, 0.3) is 0 Å². The van der Waals surface area contributed by atoms with Crippen molar-refractivity contribution in [2.75, 3.05) is 0 Å². The summed E-state index contributed by atoms with van der Waals surface area (Å²) >= 11 is 0. The van der Waals surface area contributed by atoms with Gasteiger partial charge in [-0.3, -0.25) is 4.79 Å². The van der Waals surface area contributed by atoms with Gasteiger partial charge in [-0.2, -0.15) is 0 Å². The lowest BCUT2D eigenvalue weighted by atomic mass is 9.78. The van der Waals surface area contributed by atoms with Gasteiger partial charge < -0.3 is 4.98 Å². The fourth-order valence-electron chi connectivity index (χ4n) is 2.49. The number of carbonyl (C=O) groups is 1. The highest BCUT2D eigenvalue weighted by molar-refractivity contribution is 5.98. The van der Waals surface area contributed by atoms with Crippen molar-refractivity contribution < 1.29 is 4.79 Å². The maximum atomic E-state index is 12.1. The zero-order valence-corrected chi connectivity index (χ0v) is 8.84. The van der Waals surface area contributed by atoms with Crippen molar-refractivity contribution in [3.63, 3.8) is 0 Å². The molecule has 1 aliphatic rings. The predicted molar refractivity (Wildman–Crippen MR) is 56.2 cm³/mol. The first-order chi connectivity index (χ1) is 6.61. The lowest BCUT2D eigenvalue weighted by Crippen LogP contribution is -2.25. The number of carbonyl (C=O) groups excluding carboxylic acids is 1. The molecule has 0 radical (unpaired) electrons. The minimum absolute atomic E-state index is 0.189. The Bertz CT molecular complexity index is 324. The van der Waals surface area contributed by atoms with Crippen LogP contribution in [-0.4, -0.2) is 10.8 Å². The van der Waals surface area contributed by atoms with E-state index in [4.69, 9.17) is 0 Å². The van der Waals surface area contributed by atoms with Gasteiger partial charge >= 0.3 is 0 Å². The smallest absolute Gasteiger partial charge is 0.167 e. The molecule has 1 N–H and O–H groups in total. The Balaban J connectivity index is 2.20. The molecule has 0 aliphatic heterocycles. The average Bonchev–Trinajstić information content (AvgIpc) is 2.71. The zero-order valence-electron chi connectivity index (χ0n) is 8.84. The summed E-state index contributed by atoms with van der Waals surface area (Å²) < 4.78 is 0. The van der Waals surface area contributed by atoms with Crippen LogP contribution in [0.3, 0.4) is 0 Å². The highest BCUT2D eigenvalue weighted by Crippen LogP contribution is 2.43. The monoisotopic (exact) mass is 191 g/mol. The van der Waals surface area contributed by atoms with Crippen molar-refractivity contribution in [3.8, 4) is 0 Å². The standard InChI is InChI=1S/C12H17NO/c1-12(2)6-3-4-10(12)11(14)9-5-7-13-8-9/h5,7-8,10,13H,3-4,6H2,1-2H3. The molecule has 1 unspecified atom stereocenters. The Morgan fingerprint density at radius 3 is 2.86 bits per heavy atom. The van der Waals surface area contributed by atoms with Gasteiger partial charge in [0.05, 0.1) is 0 Å². The number of Topliss-reactive ketones (excluding diaryl/α,β-unsaturated/α-hetero) is 1. The minimum atomic E-state index is 0.189. The highest BCUT2D eigenvalue weighted by Gasteiger charge is 2.39. The molecule has 2 heteroatoms. The summed E-state index contributed by atoms with van der Waals surface area (Å²) in [6, 6.07) is 1.87.